The van der Waals surface area contributed by atoms with Gasteiger partial charge in [0.1, 0.15) is 5.58 Å². The number of amides is 1. The zero-order valence-electron chi connectivity index (χ0n) is 15.2. The van der Waals surface area contributed by atoms with Gasteiger partial charge in [0, 0.05) is 35.4 Å². The highest BCUT2D eigenvalue weighted by molar-refractivity contribution is 6.06. The Kier molecular flexibility index (Phi) is 4.79. The third-order valence-electron chi connectivity index (χ3n) is 4.64. The zero-order valence-corrected chi connectivity index (χ0v) is 15.2. The van der Waals surface area contributed by atoms with Crippen LogP contribution < -0.4 is 10.2 Å². The van der Waals surface area contributed by atoms with Crippen LogP contribution in [0.4, 0.5) is 11.4 Å². The van der Waals surface area contributed by atoms with Gasteiger partial charge in [-0.25, -0.2) is 0 Å². The molecule has 3 aromatic rings. The molecule has 0 unspecified atom stereocenters. The first kappa shape index (κ1) is 17.1. The standard InChI is InChI=1S/C21H24N2O2/c1-5-23(6-2)16-11-12-18(14(3)13-16)22-21(24)20-15(4)17-9-7-8-10-19(17)25-20/h7-13H,5-6H2,1-4H3,(H,22,24). The highest BCUT2D eigenvalue weighted by atomic mass is 16.3. The normalized spacial score (nSPS) is 10.9. The molecule has 130 valence electrons. The summed E-state index contributed by atoms with van der Waals surface area (Å²) in [4.78, 5) is 15.0. The number of anilines is 2. The van der Waals surface area contributed by atoms with Crippen LogP contribution in [0.5, 0.6) is 0 Å². The molecule has 1 heterocycles. The molecule has 0 atom stereocenters. The lowest BCUT2D eigenvalue weighted by molar-refractivity contribution is 0.0998. The van der Waals surface area contributed by atoms with E-state index in [9.17, 15) is 4.79 Å². The van der Waals surface area contributed by atoms with Crippen LogP contribution >= 0.6 is 0 Å². The minimum absolute atomic E-state index is 0.215. The summed E-state index contributed by atoms with van der Waals surface area (Å²) in [6, 6.07) is 13.8. The Hall–Kier alpha value is -2.75. The van der Waals surface area contributed by atoms with Crippen molar-refractivity contribution in [1.82, 2.24) is 0 Å². The fraction of sp³-hybridized carbons (Fsp3) is 0.286. The largest absolute Gasteiger partial charge is 0.451 e. The first-order chi connectivity index (χ1) is 12.0. The summed E-state index contributed by atoms with van der Waals surface area (Å²) >= 11 is 0. The van der Waals surface area contributed by atoms with E-state index in [0.29, 0.717) is 5.76 Å². The summed E-state index contributed by atoms with van der Waals surface area (Å²) in [5.74, 6) is 0.154. The third-order valence-corrected chi connectivity index (χ3v) is 4.64. The van der Waals surface area contributed by atoms with Crippen molar-refractivity contribution in [3.8, 4) is 0 Å². The van der Waals surface area contributed by atoms with Crippen LogP contribution in [0.15, 0.2) is 46.9 Å². The van der Waals surface area contributed by atoms with Gasteiger partial charge in [-0.3, -0.25) is 4.79 Å². The van der Waals surface area contributed by atoms with Crippen LogP contribution in [0, 0.1) is 13.8 Å². The van der Waals surface area contributed by atoms with Crippen molar-refractivity contribution in [2.75, 3.05) is 23.3 Å². The Morgan fingerprint density at radius 3 is 2.44 bits per heavy atom. The number of nitrogens with one attached hydrogen (secondary N) is 1. The van der Waals surface area contributed by atoms with Crippen molar-refractivity contribution in [2.45, 2.75) is 27.7 Å². The van der Waals surface area contributed by atoms with E-state index < -0.39 is 0 Å². The van der Waals surface area contributed by atoms with E-state index in [1.807, 2.05) is 50.2 Å². The number of carbonyl (C=O) groups excluding carboxylic acids is 1. The highest BCUT2D eigenvalue weighted by Gasteiger charge is 2.18. The highest BCUT2D eigenvalue weighted by Crippen LogP contribution is 2.27. The maximum Gasteiger partial charge on any atom is 0.291 e. The molecule has 0 fully saturated rings. The van der Waals surface area contributed by atoms with Crippen molar-refractivity contribution in [3.05, 3.63) is 59.4 Å². The van der Waals surface area contributed by atoms with Gasteiger partial charge in [0.2, 0.25) is 0 Å². The maximum atomic E-state index is 12.7. The number of carbonyl (C=O) groups is 1. The molecule has 0 spiro atoms. The van der Waals surface area contributed by atoms with Gasteiger partial charge in [-0.05, 0) is 57.5 Å². The minimum Gasteiger partial charge on any atom is -0.451 e. The molecule has 0 aliphatic carbocycles. The molecule has 4 nitrogen and oxygen atoms in total. The number of hydrogen-bond acceptors (Lipinski definition) is 3. The van der Waals surface area contributed by atoms with E-state index >= 15 is 0 Å². The summed E-state index contributed by atoms with van der Waals surface area (Å²) < 4.78 is 5.75. The van der Waals surface area contributed by atoms with Crippen LogP contribution in [-0.4, -0.2) is 19.0 Å². The second-order valence-corrected chi connectivity index (χ2v) is 6.18. The third kappa shape index (κ3) is 3.25. The molecule has 4 heteroatoms. The summed E-state index contributed by atoms with van der Waals surface area (Å²) in [6.45, 7) is 10.1. The number of para-hydroxylation sites is 1. The van der Waals surface area contributed by atoms with Crippen LogP contribution in [-0.2, 0) is 0 Å². The van der Waals surface area contributed by atoms with E-state index in [1.54, 1.807) is 0 Å². The number of aryl methyl sites for hydroxylation is 2. The maximum absolute atomic E-state index is 12.7. The molecule has 25 heavy (non-hydrogen) atoms. The monoisotopic (exact) mass is 336 g/mol. The molecule has 0 saturated carbocycles. The fourth-order valence-corrected chi connectivity index (χ4v) is 3.14. The van der Waals surface area contributed by atoms with E-state index in [4.69, 9.17) is 4.42 Å². The van der Waals surface area contributed by atoms with Crippen molar-refractivity contribution in [3.63, 3.8) is 0 Å². The van der Waals surface area contributed by atoms with Crippen LogP contribution in [0.25, 0.3) is 11.0 Å². The second kappa shape index (κ2) is 7.01. The van der Waals surface area contributed by atoms with Gasteiger partial charge >= 0.3 is 0 Å². The summed E-state index contributed by atoms with van der Waals surface area (Å²) in [7, 11) is 0. The minimum atomic E-state index is -0.215. The van der Waals surface area contributed by atoms with Gasteiger partial charge in [-0.15, -0.1) is 0 Å². The van der Waals surface area contributed by atoms with E-state index in [0.717, 1.165) is 40.9 Å². The number of benzene rings is 2. The molecule has 1 aromatic heterocycles. The number of hydrogen-bond donors (Lipinski definition) is 1. The Morgan fingerprint density at radius 2 is 1.80 bits per heavy atom. The molecule has 3 rings (SSSR count). The lowest BCUT2D eigenvalue weighted by Gasteiger charge is -2.22. The molecule has 0 radical (unpaired) electrons. The molecule has 2 aromatic carbocycles. The Morgan fingerprint density at radius 1 is 1.08 bits per heavy atom. The zero-order chi connectivity index (χ0) is 18.0. The van der Waals surface area contributed by atoms with Crippen molar-refractivity contribution >= 4 is 28.3 Å². The second-order valence-electron chi connectivity index (χ2n) is 6.18. The predicted molar refractivity (Wildman–Crippen MR) is 104 cm³/mol. The van der Waals surface area contributed by atoms with Crippen molar-refractivity contribution in [1.29, 1.82) is 0 Å². The van der Waals surface area contributed by atoms with Gasteiger partial charge in [-0.1, -0.05) is 18.2 Å². The van der Waals surface area contributed by atoms with Gasteiger partial charge in [0.05, 0.1) is 0 Å². The number of nitrogens with zero attached hydrogens (tertiary/aromatic N) is 1. The van der Waals surface area contributed by atoms with Gasteiger partial charge < -0.3 is 14.6 Å². The van der Waals surface area contributed by atoms with Gasteiger partial charge in [0.25, 0.3) is 5.91 Å². The number of rotatable bonds is 5. The van der Waals surface area contributed by atoms with Crippen molar-refractivity contribution < 1.29 is 9.21 Å². The van der Waals surface area contributed by atoms with Crippen LogP contribution in [0.1, 0.15) is 35.5 Å². The molecule has 1 amide bonds. The lowest BCUT2D eigenvalue weighted by Crippen LogP contribution is -2.22. The Bertz CT molecular complexity index is 907. The van der Waals surface area contributed by atoms with Gasteiger partial charge in [0.15, 0.2) is 5.76 Å². The molecule has 0 saturated heterocycles. The summed E-state index contributed by atoms with van der Waals surface area (Å²) in [6.07, 6.45) is 0. The topological polar surface area (TPSA) is 45.5 Å². The fourth-order valence-electron chi connectivity index (χ4n) is 3.14. The SMILES string of the molecule is CCN(CC)c1ccc(NC(=O)c2oc3ccccc3c2C)c(C)c1. The van der Waals surface area contributed by atoms with Crippen LogP contribution in [0.2, 0.25) is 0 Å². The summed E-state index contributed by atoms with van der Waals surface area (Å²) in [5, 5.41) is 3.95. The Balaban J connectivity index is 1.86. The lowest BCUT2D eigenvalue weighted by atomic mass is 10.1. The molecule has 0 aliphatic rings. The average Bonchev–Trinajstić information content (AvgIpc) is 2.95. The quantitative estimate of drug-likeness (QED) is 0.701. The van der Waals surface area contributed by atoms with E-state index in [2.05, 4.69) is 30.1 Å². The molecular formula is C21H24N2O2. The predicted octanol–water partition coefficient (Wildman–Crippen LogP) is 5.15. The van der Waals surface area contributed by atoms with Crippen LogP contribution in [0.3, 0.4) is 0 Å². The number of fused-ring (bicyclic) bond motifs is 1. The molecule has 1 N–H and O–H groups in total. The first-order valence-electron chi connectivity index (χ1n) is 8.70. The first-order valence-corrected chi connectivity index (χ1v) is 8.70. The van der Waals surface area contributed by atoms with E-state index in [1.165, 1.54) is 5.69 Å². The van der Waals surface area contributed by atoms with Gasteiger partial charge in [-0.2, -0.15) is 0 Å². The Labute approximate surface area is 148 Å². The smallest absolute Gasteiger partial charge is 0.291 e. The van der Waals surface area contributed by atoms with Crippen molar-refractivity contribution in [2.24, 2.45) is 0 Å². The molecular weight excluding hydrogens is 312 g/mol. The van der Waals surface area contributed by atoms with E-state index in [-0.39, 0.29) is 5.91 Å². The molecule has 0 bridgehead atoms. The average molecular weight is 336 g/mol. The summed E-state index contributed by atoms with van der Waals surface area (Å²) in [5.41, 5.74) is 4.61. The number of furan rings is 1. The molecule has 0 aliphatic heterocycles.